The van der Waals surface area contributed by atoms with E-state index in [4.69, 9.17) is 16.3 Å². The molecule has 1 saturated heterocycles. The van der Waals surface area contributed by atoms with Gasteiger partial charge in [-0.3, -0.25) is 0 Å². The van der Waals surface area contributed by atoms with Crippen LogP contribution in [-0.2, 0) is 11.3 Å². The number of amides is 2. The summed E-state index contributed by atoms with van der Waals surface area (Å²) < 4.78 is 5.49. The molecule has 1 atom stereocenters. The Morgan fingerprint density at radius 1 is 1.24 bits per heavy atom. The van der Waals surface area contributed by atoms with E-state index in [-0.39, 0.29) is 12.1 Å². The number of nitrogens with one attached hydrogen (secondary N) is 1. The van der Waals surface area contributed by atoms with Gasteiger partial charge < -0.3 is 15.0 Å². The number of carbonyl (C=O) groups is 1. The van der Waals surface area contributed by atoms with Gasteiger partial charge in [0, 0.05) is 29.4 Å². The number of rotatable bonds is 5. The van der Waals surface area contributed by atoms with Gasteiger partial charge in [0.1, 0.15) is 0 Å². The molecule has 0 aromatic heterocycles. The number of likely N-dealkylation sites (tertiary alicyclic amines) is 1. The Morgan fingerprint density at radius 2 is 2.00 bits per heavy atom. The smallest absolute Gasteiger partial charge is 0.322 e. The van der Waals surface area contributed by atoms with Crippen LogP contribution in [0.2, 0.25) is 5.02 Å². The summed E-state index contributed by atoms with van der Waals surface area (Å²) >= 11 is 6.34. The molecule has 1 aliphatic heterocycles. The highest BCUT2D eigenvalue weighted by Gasteiger charge is 2.31. The molecule has 0 bridgehead atoms. The summed E-state index contributed by atoms with van der Waals surface area (Å²) in [7, 11) is 0. The summed E-state index contributed by atoms with van der Waals surface area (Å²) in [5.41, 5.74) is 2.79. The lowest BCUT2D eigenvalue weighted by molar-refractivity contribution is 0.134. The second-order valence-electron chi connectivity index (χ2n) is 6.10. The van der Waals surface area contributed by atoms with Gasteiger partial charge in [-0.05, 0) is 37.5 Å². The summed E-state index contributed by atoms with van der Waals surface area (Å²) in [6, 6.07) is 15.4. The van der Waals surface area contributed by atoms with E-state index in [1.807, 2.05) is 60.4 Å². The molecule has 1 fully saturated rings. The number of hydrogen-bond donors (Lipinski definition) is 1. The van der Waals surface area contributed by atoms with Gasteiger partial charge in [-0.15, -0.1) is 0 Å². The minimum atomic E-state index is -0.0913. The van der Waals surface area contributed by atoms with Crippen LogP contribution in [-0.4, -0.2) is 24.1 Å². The monoisotopic (exact) mass is 358 g/mol. The van der Waals surface area contributed by atoms with Gasteiger partial charge in [-0.25, -0.2) is 4.79 Å². The normalized spacial score (nSPS) is 16.9. The molecule has 3 rings (SSSR count). The number of ether oxygens (including phenoxy) is 1. The standard InChI is InChI=1S/C20H23ClN2O2/c1-2-25-14-15-8-3-6-11-18(15)22-20(24)23-13-7-12-19(23)16-9-4-5-10-17(16)21/h3-6,8-11,19H,2,7,12-14H2,1H3,(H,22,24). The van der Waals surface area contributed by atoms with Crippen LogP contribution in [0.4, 0.5) is 10.5 Å². The first-order valence-corrected chi connectivity index (χ1v) is 9.06. The highest BCUT2D eigenvalue weighted by atomic mass is 35.5. The fourth-order valence-electron chi connectivity index (χ4n) is 3.25. The fourth-order valence-corrected chi connectivity index (χ4v) is 3.51. The molecule has 1 unspecified atom stereocenters. The van der Waals surface area contributed by atoms with E-state index in [9.17, 15) is 4.79 Å². The lowest BCUT2D eigenvalue weighted by atomic mass is 10.0. The first-order valence-electron chi connectivity index (χ1n) is 8.68. The number of carbonyl (C=O) groups excluding carboxylic acids is 1. The van der Waals surface area contributed by atoms with Crippen molar-refractivity contribution in [3.8, 4) is 0 Å². The molecule has 25 heavy (non-hydrogen) atoms. The molecular formula is C20H23ClN2O2. The van der Waals surface area contributed by atoms with Crippen LogP contribution in [0.25, 0.3) is 0 Å². The minimum absolute atomic E-state index is 0.0211. The molecule has 1 N–H and O–H groups in total. The zero-order chi connectivity index (χ0) is 17.6. The van der Waals surface area contributed by atoms with Crippen molar-refractivity contribution >= 4 is 23.3 Å². The first-order chi connectivity index (χ1) is 12.2. The van der Waals surface area contributed by atoms with Crippen LogP contribution >= 0.6 is 11.6 Å². The maximum Gasteiger partial charge on any atom is 0.322 e. The average Bonchev–Trinajstić information content (AvgIpc) is 3.11. The molecule has 0 spiro atoms. The van der Waals surface area contributed by atoms with E-state index in [1.165, 1.54) is 0 Å². The van der Waals surface area contributed by atoms with E-state index in [0.717, 1.165) is 36.2 Å². The lowest BCUT2D eigenvalue weighted by Crippen LogP contribution is -2.34. The van der Waals surface area contributed by atoms with Crippen molar-refractivity contribution in [2.75, 3.05) is 18.5 Å². The van der Waals surface area contributed by atoms with Gasteiger partial charge >= 0.3 is 6.03 Å². The van der Waals surface area contributed by atoms with Crippen molar-refractivity contribution in [3.05, 3.63) is 64.7 Å². The number of para-hydroxylation sites is 1. The quantitative estimate of drug-likeness (QED) is 0.793. The van der Waals surface area contributed by atoms with Crippen molar-refractivity contribution in [2.45, 2.75) is 32.4 Å². The van der Waals surface area contributed by atoms with Crippen LogP contribution in [0.15, 0.2) is 48.5 Å². The van der Waals surface area contributed by atoms with Crippen LogP contribution in [0, 0.1) is 0 Å². The van der Waals surface area contributed by atoms with Crippen molar-refractivity contribution in [2.24, 2.45) is 0 Å². The molecule has 1 aliphatic rings. The van der Waals surface area contributed by atoms with E-state index < -0.39 is 0 Å². The van der Waals surface area contributed by atoms with Gasteiger partial charge in [0.2, 0.25) is 0 Å². The summed E-state index contributed by atoms with van der Waals surface area (Å²) in [5.74, 6) is 0. The third-order valence-electron chi connectivity index (χ3n) is 4.50. The zero-order valence-corrected chi connectivity index (χ0v) is 15.1. The number of benzene rings is 2. The molecule has 2 amide bonds. The van der Waals surface area contributed by atoms with Crippen molar-refractivity contribution < 1.29 is 9.53 Å². The predicted molar refractivity (Wildman–Crippen MR) is 101 cm³/mol. The number of halogens is 1. The summed E-state index contributed by atoms with van der Waals surface area (Å²) in [6.07, 6.45) is 1.90. The Balaban J connectivity index is 1.76. The van der Waals surface area contributed by atoms with Gasteiger partial charge in [-0.1, -0.05) is 48.0 Å². The Morgan fingerprint density at radius 3 is 2.80 bits per heavy atom. The van der Waals surface area contributed by atoms with E-state index >= 15 is 0 Å². The van der Waals surface area contributed by atoms with Gasteiger partial charge in [0.05, 0.1) is 12.6 Å². The SMILES string of the molecule is CCOCc1ccccc1NC(=O)N1CCCC1c1ccccc1Cl. The largest absolute Gasteiger partial charge is 0.377 e. The lowest BCUT2D eigenvalue weighted by Gasteiger charge is -2.26. The maximum atomic E-state index is 12.9. The van der Waals surface area contributed by atoms with E-state index in [1.54, 1.807) is 0 Å². The minimum Gasteiger partial charge on any atom is -0.377 e. The van der Waals surface area contributed by atoms with Gasteiger partial charge in [0.25, 0.3) is 0 Å². The first kappa shape index (κ1) is 17.8. The molecule has 0 aliphatic carbocycles. The van der Waals surface area contributed by atoms with Crippen LogP contribution in [0.5, 0.6) is 0 Å². The molecular weight excluding hydrogens is 336 g/mol. The van der Waals surface area contributed by atoms with Gasteiger partial charge in [-0.2, -0.15) is 0 Å². The highest BCUT2D eigenvalue weighted by Crippen LogP contribution is 2.36. The number of hydrogen-bond acceptors (Lipinski definition) is 2. The Bertz CT molecular complexity index is 735. The summed E-state index contributed by atoms with van der Waals surface area (Å²) in [4.78, 5) is 14.7. The average molecular weight is 359 g/mol. The van der Waals surface area contributed by atoms with E-state index in [2.05, 4.69) is 5.32 Å². The van der Waals surface area contributed by atoms with Crippen LogP contribution in [0.3, 0.4) is 0 Å². The Labute approximate surface area is 153 Å². The topological polar surface area (TPSA) is 41.6 Å². The number of nitrogens with zero attached hydrogens (tertiary/aromatic N) is 1. The molecule has 1 heterocycles. The highest BCUT2D eigenvalue weighted by molar-refractivity contribution is 6.31. The van der Waals surface area contributed by atoms with E-state index in [0.29, 0.717) is 18.2 Å². The van der Waals surface area contributed by atoms with Gasteiger partial charge in [0.15, 0.2) is 0 Å². The molecule has 2 aromatic carbocycles. The van der Waals surface area contributed by atoms with Crippen molar-refractivity contribution in [1.29, 1.82) is 0 Å². The maximum absolute atomic E-state index is 12.9. The number of anilines is 1. The fraction of sp³-hybridized carbons (Fsp3) is 0.350. The molecule has 0 saturated carbocycles. The summed E-state index contributed by atoms with van der Waals surface area (Å²) in [5, 5.41) is 3.76. The molecule has 2 aromatic rings. The third-order valence-corrected chi connectivity index (χ3v) is 4.84. The molecule has 132 valence electrons. The number of urea groups is 1. The second kappa shape index (κ2) is 8.37. The van der Waals surface area contributed by atoms with Crippen molar-refractivity contribution in [1.82, 2.24) is 4.90 Å². The Hall–Kier alpha value is -2.04. The van der Waals surface area contributed by atoms with Crippen LogP contribution < -0.4 is 5.32 Å². The van der Waals surface area contributed by atoms with Crippen LogP contribution in [0.1, 0.15) is 36.9 Å². The third kappa shape index (κ3) is 4.14. The second-order valence-corrected chi connectivity index (χ2v) is 6.50. The zero-order valence-electron chi connectivity index (χ0n) is 14.4. The molecule has 5 heteroatoms. The summed E-state index contributed by atoms with van der Waals surface area (Å²) in [6.45, 7) is 3.82. The molecule has 0 radical (unpaired) electrons. The molecule has 4 nitrogen and oxygen atoms in total. The Kier molecular flexibility index (Phi) is 5.95. The predicted octanol–water partition coefficient (Wildman–Crippen LogP) is 5.25. The van der Waals surface area contributed by atoms with Crippen molar-refractivity contribution in [3.63, 3.8) is 0 Å².